The summed E-state index contributed by atoms with van der Waals surface area (Å²) < 4.78 is 28.8. The number of nitrogens with zero attached hydrogens (tertiary/aromatic N) is 3. The minimum Gasteiger partial charge on any atom is -0.341 e. The number of para-hydroxylation sites is 1. The van der Waals surface area contributed by atoms with E-state index in [9.17, 15) is 13.2 Å². The fourth-order valence-electron chi connectivity index (χ4n) is 4.61. The number of benzene rings is 3. The third kappa shape index (κ3) is 4.60. The van der Waals surface area contributed by atoms with Gasteiger partial charge in [0.2, 0.25) is 5.91 Å². The third-order valence-electron chi connectivity index (χ3n) is 6.26. The summed E-state index contributed by atoms with van der Waals surface area (Å²) in [7, 11) is -3.80. The van der Waals surface area contributed by atoms with Gasteiger partial charge in [-0.05, 0) is 23.3 Å². The van der Waals surface area contributed by atoms with Crippen LogP contribution in [-0.4, -0.2) is 56.1 Å². The number of rotatable bonds is 5. The molecule has 5 rings (SSSR count). The Bertz CT molecular complexity index is 1260. The van der Waals surface area contributed by atoms with Crippen molar-refractivity contribution in [1.82, 2.24) is 9.80 Å². The van der Waals surface area contributed by atoms with E-state index in [1.165, 1.54) is 17.2 Å². The van der Waals surface area contributed by atoms with Gasteiger partial charge in [0.25, 0.3) is 10.0 Å². The van der Waals surface area contributed by atoms with Gasteiger partial charge in [0, 0.05) is 26.2 Å². The lowest BCUT2D eigenvalue weighted by Crippen LogP contribution is -2.50. The molecule has 1 fully saturated rings. The Morgan fingerprint density at radius 2 is 1.38 bits per heavy atom. The number of amidine groups is 1. The monoisotopic (exact) mass is 474 g/mol. The summed E-state index contributed by atoms with van der Waals surface area (Å²) in [5.74, 6) is 0.0361. The molecular formula is C26H26N4O3S. The molecule has 0 aliphatic carbocycles. The van der Waals surface area contributed by atoms with E-state index in [1.807, 2.05) is 12.1 Å². The van der Waals surface area contributed by atoms with Gasteiger partial charge in [0.05, 0.1) is 18.2 Å². The molecule has 2 heterocycles. The molecule has 2 aliphatic rings. The van der Waals surface area contributed by atoms with E-state index >= 15 is 0 Å². The van der Waals surface area contributed by atoms with Crippen LogP contribution in [0.5, 0.6) is 0 Å². The number of carbonyl (C=O) groups excluding carboxylic acids is 1. The summed E-state index contributed by atoms with van der Waals surface area (Å²) in [5, 5.41) is 3.01. The first-order valence-corrected chi connectivity index (χ1v) is 12.8. The molecule has 0 aromatic heterocycles. The van der Waals surface area contributed by atoms with Gasteiger partial charge in [0.15, 0.2) is 0 Å². The lowest BCUT2D eigenvalue weighted by molar-refractivity contribution is -0.131. The van der Waals surface area contributed by atoms with E-state index in [-0.39, 0.29) is 29.1 Å². The average molecular weight is 475 g/mol. The van der Waals surface area contributed by atoms with Crippen molar-refractivity contribution >= 4 is 27.5 Å². The smallest absolute Gasteiger partial charge is 0.286 e. The topological polar surface area (TPSA) is 82.1 Å². The number of sulfonamides is 1. The Hall–Kier alpha value is -3.49. The normalized spacial score (nSPS) is 17.6. The largest absolute Gasteiger partial charge is 0.341 e. The van der Waals surface area contributed by atoms with E-state index in [0.717, 1.165) is 13.1 Å². The molecule has 0 atom stereocenters. The van der Waals surface area contributed by atoms with Gasteiger partial charge in [-0.2, -0.15) is 8.42 Å². The highest BCUT2D eigenvalue weighted by atomic mass is 32.2. The minimum absolute atomic E-state index is 0.0750. The Morgan fingerprint density at radius 1 is 0.824 bits per heavy atom. The summed E-state index contributed by atoms with van der Waals surface area (Å²) >= 11 is 0. The van der Waals surface area contributed by atoms with Gasteiger partial charge in [-0.1, -0.05) is 72.8 Å². The van der Waals surface area contributed by atoms with Crippen LogP contribution in [0.25, 0.3) is 0 Å². The van der Waals surface area contributed by atoms with Crippen molar-refractivity contribution < 1.29 is 13.2 Å². The van der Waals surface area contributed by atoms with Crippen LogP contribution < -0.4 is 5.32 Å². The summed E-state index contributed by atoms with van der Waals surface area (Å²) in [6, 6.07) is 27.5. The van der Waals surface area contributed by atoms with Crippen molar-refractivity contribution in [3.63, 3.8) is 0 Å². The van der Waals surface area contributed by atoms with Gasteiger partial charge in [-0.15, -0.1) is 4.40 Å². The zero-order valence-corrected chi connectivity index (χ0v) is 19.5. The van der Waals surface area contributed by atoms with Crippen molar-refractivity contribution in [3.8, 4) is 0 Å². The second-order valence-corrected chi connectivity index (χ2v) is 10.0. The number of nitrogens with one attached hydrogen (secondary N) is 1. The molecule has 3 aromatic carbocycles. The van der Waals surface area contributed by atoms with E-state index in [0.29, 0.717) is 18.8 Å². The quantitative estimate of drug-likeness (QED) is 0.612. The Labute approximate surface area is 199 Å². The summed E-state index contributed by atoms with van der Waals surface area (Å²) in [5.41, 5.74) is 2.90. The van der Waals surface area contributed by atoms with Crippen LogP contribution in [0, 0.1) is 0 Å². The third-order valence-corrected chi connectivity index (χ3v) is 7.63. The second-order valence-electron chi connectivity index (χ2n) is 8.45. The summed E-state index contributed by atoms with van der Waals surface area (Å²) in [6.07, 6.45) is -0.0750. The maximum absolute atomic E-state index is 13.0. The standard InChI is InChI=1S/C26H26N4O3S/c31-25(19-24-27-22-13-7-8-14-23(22)34(32,33)28-24)29-15-17-30(18-16-29)26(20-9-3-1-4-10-20)21-11-5-2-6-12-21/h1-14,26H,15-19H2,(H,27,28). The molecule has 0 radical (unpaired) electrons. The molecule has 1 N–H and O–H groups in total. The van der Waals surface area contributed by atoms with E-state index in [2.05, 4.69) is 63.1 Å². The van der Waals surface area contributed by atoms with Crippen molar-refractivity contribution in [2.75, 3.05) is 31.5 Å². The number of hydrogen-bond donors (Lipinski definition) is 1. The summed E-state index contributed by atoms with van der Waals surface area (Å²) in [6.45, 7) is 2.60. The first-order valence-electron chi connectivity index (χ1n) is 11.3. The highest BCUT2D eigenvalue weighted by Crippen LogP contribution is 2.30. The molecule has 8 heteroatoms. The van der Waals surface area contributed by atoms with Crippen LogP contribution in [0.2, 0.25) is 0 Å². The van der Waals surface area contributed by atoms with Crippen LogP contribution in [0.1, 0.15) is 23.6 Å². The van der Waals surface area contributed by atoms with Crippen molar-refractivity contribution in [2.24, 2.45) is 4.40 Å². The average Bonchev–Trinajstić information content (AvgIpc) is 2.86. The van der Waals surface area contributed by atoms with E-state index < -0.39 is 10.0 Å². The zero-order valence-electron chi connectivity index (χ0n) is 18.7. The van der Waals surface area contributed by atoms with Crippen molar-refractivity contribution in [2.45, 2.75) is 17.4 Å². The Balaban J connectivity index is 1.27. The van der Waals surface area contributed by atoms with Crippen LogP contribution in [0.15, 0.2) is 94.2 Å². The van der Waals surface area contributed by atoms with Crippen LogP contribution >= 0.6 is 0 Å². The van der Waals surface area contributed by atoms with Crippen molar-refractivity contribution in [3.05, 3.63) is 96.1 Å². The lowest BCUT2D eigenvalue weighted by atomic mass is 9.96. The Kier molecular flexibility index (Phi) is 6.17. The van der Waals surface area contributed by atoms with Gasteiger partial charge < -0.3 is 10.2 Å². The SMILES string of the molecule is O=C(CC1=NS(=O)(=O)c2ccccc2N1)N1CCN(C(c2ccccc2)c2ccccc2)CC1. The number of piperazine rings is 1. The molecule has 7 nitrogen and oxygen atoms in total. The Morgan fingerprint density at radius 3 is 2.00 bits per heavy atom. The fraction of sp³-hybridized carbons (Fsp3) is 0.231. The minimum atomic E-state index is -3.80. The zero-order chi connectivity index (χ0) is 23.5. The first-order chi connectivity index (χ1) is 16.5. The lowest BCUT2D eigenvalue weighted by Gasteiger charge is -2.40. The number of carbonyl (C=O) groups is 1. The molecule has 1 saturated heterocycles. The van der Waals surface area contributed by atoms with E-state index in [4.69, 9.17) is 0 Å². The highest BCUT2D eigenvalue weighted by Gasteiger charge is 2.30. The molecule has 0 unspecified atom stereocenters. The molecule has 174 valence electrons. The number of fused-ring (bicyclic) bond motifs is 1. The molecule has 3 aromatic rings. The maximum Gasteiger partial charge on any atom is 0.286 e. The van der Waals surface area contributed by atoms with Crippen LogP contribution in [0.3, 0.4) is 0 Å². The predicted octanol–water partition coefficient (Wildman–Crippen LogP) is 3.52. The van der Waals surface area contributed by atoms with Crippen LogP contribution in [0.4, 0.5) is 5.69 Å². The molecule has 1 amide bonds. The fourth-order valence-corrected chi connectivity index (χ4v) is 5.76. The second kappa shape index (κ2) is 9.40. The summed E-state index contributed by atoms with van der Waals surface area (Å²) in [4.78, 5) is 17.3. The number of anilines is 1. The molecule has 2 aliphatic heterocycles. The van der Waals surface area contributed by atoms with Gasteiger partial charge >= 0.3 is 0 Å². The molecule has 34 heavy (non-hydrogen) atoms. The first kappa shape index (κ1) is 22.3. The van der Waals surface area contributed by atoms with Gasteiger partial charge in [-0.3, -0.25) is 9.69 Å². The molecular weight excluding hydrogens is 448 g/mol. The maximum atomic E-state index is 13.0. The van der Waals surface area contributed by atoms with Crippen LogP contribution in [-0.2, 0) is 14.8 Å². The van der Waals surface area contributed by atoms with Gasteiger partial charge in [-0.25, -0.2) is 0 Å². The molecule has 0 spiro atoms. The van der Waals surface area contributed by atoms with Crippen molar-refractivity contribution in [1.29, 1.82) is 0 Å². The number of hydrogen-bond acceptors (Lipinski definition) is 5. The van der Waals surface area contributed by atoms with E-state index in [1.54, 1.807) is 23.1 Å². The number of amides is 1. The molecule has 0 saturated carbocycles. The van der Waals surface area contributed by atoms with Gasteiger partial charge in [0.1, 0.15) is 10.7 Å². The molecule has 0 bridgehead atoms. The predicted molar refractivity (Wildman–Crippen MR) is 132 cm³/mol. The highest BCUT2D eigenvalue weighted by molar-refractivity contribution is 7.90.